The number of hydrogen-bond acceptors (Lipinski definition) is 3. The Morgan fingerprint density at radius 2 is 1.87 bits per heavy atom. The SMILES string of the molecule is Fc1ccc(-c2nc(Cl)no2)c(F)c1F. The molecule has 0 saturated carbocycles. The van der Waals surface area contributed by atoms with Gasteiger partial charge in [0, 0.05) is 0 Å². The van der Waals surface area contributed by atoms with Crippen LogP contribution in [0, 0.1) is 17.5 Å². The molecule has 2 rings (SSSR count). The molecule has 78 valence electrons. The minimum absolute atomic E-state index is 0.242. The van der Waals surface area contributed by atoms with E-state index < -0.39 is 17.5 Å². The third-order valence-corrected chi connectivity index (χ3v) is 1.82. The highest BCUT2D eigenvalue weighted by molar-refractivity contribution is 6.28. The second-order valence-corrected chi connectivity index (χ2v) is 2.93. The smallest absolute Gasteiger partial charge is 0.264 e. The maximum absolute atomic E-state index is 13.2. The molecule has 0 fully saturated rings. The normalized spacial score (nSPS) is 10.7. The van der Waals surface area contributed by atoms with Crippen LogP contribution in [-0.2, 0) is 0 Å². The molecular formula is C8H2ClF3N2O. The molecule has 0 atom stereocenters. The summed E-state index contributed by atoms with van der Waals surface area (Å²) in [5.41, 5.74) is -0.340. The number of halogens is 4. The van der Waals surface area contributed by atoms with Crippen LogP contribution < -0.4 is 0 Å². The second-order valence-electron chi connectivity index (χ2n) is 2.59. The number of aromatic nitrogens is 2. The Hall–Kier alpha value is -1.56. The van der Waals surface area contributed by atoms with Gasteiger partial charge in [-0.15, -0.1) is 0 Å². The van der Waals surface area contributed by atoms with Gasteiger partial charge >= 0.3 is 0 Å². The van der Waals surface area contributed by atoms with Crippen LogP contribution in [0.5, 0.6) is 0 Å². The first-order chi connectivity index (χ1) is 7.09. The van der Waals surface area contributed by atoms with E-state index in [4.69, 9.17) is 11.6 Å². The van der Waals surface area contributed by atoms with Gasteiger partial charge in [0.05, 0.1) is 5.56 Å². The Kier molecular flexibility index (Phi) is 2.36. The van der Waals surface area contributed by atoms with Gasteiger partial charge in [-0.1, -0.05) is 0 Å². The van der Waals surface area contributed by atoms with E-state index in [9.17, 15) is 13.2 Å². The van der Waals surface area contributed by atoms with Crippen LogP contribution in [0.1, 0.15) is 0 Å². The first-order valence-electron chi connectivity index (χ1n) is 3.72. The summed E-state index contributed by atoms with van der Waals surface area (Å²) in [4.78, 5) is 3.47. The zero-order chi connectivity index (χ0) is 11.0. The summed E-state index contributed by atoms with van der Waals surface area (Å²) in [5.74, 6) is -4.59. The molecule has 2 aromatic rings. The molecule has 0 aliphatic rings. The van der Waals surface area contributed by atoms with Crippen LogP contribution in [0.2, 0.25) is 5.28 Å². The third kappa shape index (κ3) is 1.68. The zero-order valence-electron chi connectivity index (χ0n) is 6.97. The highest BCUT2D eigenvalue weighted by Gasteiger charge is 2.18. The maximum Gasteiger partial charge on any atom is 0.264 e. The molecule has 0 unspecified atom stereocenters. The van der Waals surface area contributed by atoms with E-state index in [1.54, 1.807) is 0 Å². The van der Waals surface area contributed by atoms with Crippen molar-refractivity contribution >= 4 is 11.6 Å². The summed E-state index contributed by atoms with van der Waals surface area (Å²) >= 11 is 5.33. The summed E-state index contributed by atoms with van der Waals surface area (Å²) in [6.07, 6.45) is 0. The quantitative estimate of drug-likeness (QED) is 0.712. The second kappa shape index (κ2) is 3.54. The van der Waals surface area contributed by atoms with Crippen molar-refractivity contribution in [2.75, 3.05) is 0 Å². The predicted octanol–water partition coefficient (Wildman–Crippen LogP) is 2.81. The lowest BCUT2D eigenvalue weighted by atomic mass is 10.2. The van der Waals surface area contributed by atoms with Crippen LogP contribution in [-0.4, -0.2) is 10.1 Å². The fourth-order valence-corrected chi connectivity index (χ4v) is 1.12. The van der Waals surface area contributed by atoms with Crippen LogP contribution in [0.15, 0.2) is 16.7 Å². The third-order valence-electron chi connectivity index (χ3n) is 1.67. The fourth-order valence-electron chi connectivity index (χ4n) is 1.01. The van der Waals surface area contributed by atoms with E-state index in [0.717, 1.165) is 12.1 Å². The Balaban J connectivity index is 2.59. The average Bonchev–Trinajstić information content (AvgIpc) is 2.61. The molecule has 1 heterocycles. The summed E-state index contributed by atoms with van der Waals surface area (Å²) in [6, 6.07) is 1.74. The van der Waals surface area contributed by atoms with Crippen molar-refractivity contribution in [2.24, 2.45) is 0 Å². The first-order valence-corrected chi connectivity index (χ1v) is 4.10. The van der Waals surface area contributed by atoms with Crippen molar-refractivity contribution in [2.45, 2.75) is 0 Å². The van der Waals surface area contributed by atoms with E-state index in [1.165, 1.54) is 0 Å². The van der Waals surface area contributed by atoms with Crippen molar-refractivity contribution in [3.05, 3.63) is 34.9 Å². The van der Waals surface area contributed by atoms with Crippen molar-refractivity contribution in [3.8, 4) is 11.5 Å². The lowest BCUT2D eigenvalue weighted by Gasteiger charge is -1.98. The Morgan fingerprint density at radius 1 is 1.13 bits per heavy atom. The summed E-state index contributed by atoms with van der Waals surface area (Å²) in [5, 5.41) is 2.94. The molecule has 3 nitrogen and oxygen atoms in total. The molecule has 0 amide bonds. The molecule has 0 saturated heterocycles. The summed E-state index contributed by atoms with van der Waals surface area (Å²) < 4.78 is 43.1. The molecule has 7 heteroatoms. The van der Waals surface area contributed by atoms with Crippen molar-refractivity contribution in [3.63, 3.8) is 0 Å². The monoisotopic (exact) mass is 234 g/mol. The van der Waals surface area contributed by atoms with E-state index >= 15 is 0 Å². The molecule has 0 spiro atoms. The first kappa shape index (κ1) is 9.97. The van der Waals surface area contributed by atoms with Crippen molar-refractivity contribution in [1.29, 1.82) is 0 Å². The number of nitrogens with zero attached hydrogens (tertiary/aromatic N) is 2. The van der Waals surface area contributed by atoms with E-state index in [1.807, 2.05) is 0 Å². The number of hydrogen-bond donors (Lipinski definition) is 0. The zero-order valence-corrected chi connectivity index (χ0v) is 7.73. The van der Waals surface area contributed by atoms with Gasteiger partial charge in [0.25, 0.3) is 11.2 Å². The standard InChI is InChI=1S/C8H2ClF3N2O/c9-8-13-7(15-14-8)3-1-2-4(10)6(12)5(3)11/h1-2H. The van der Waals surface area contributed by atoms with Gasteiger partial charge in [0.2, 0.25) is 0 Å². The highest BCUT2D eigenvalue weighted by atomic mass is 35.5. The molecule has 0 aliphatic heterocycles. The summed E-state index contributed by atoms with van der Waals surface area (Å²) in [7, 11) is 0. The van der Waals surface area contributed by atoms with E-state index in [0.29, 0.717) is 0 Å². The maximum atomic E-state index is 13.2. The molecule has 0 N–H and O–H groups in total. The fraction of sp³-hybridized carbons (Fsp3) is 0. The number of benzene rings is 1. The molecule has 15 heavy (non-hydrogen) atoms. The number of rotatable bonds is 1. The lowest BCUT2D eigenvalue weighted by Crippen LogP contribution is -1.93. The summed E-state index contributed by atoms with van der Waals surface area (Å²) in [6.45, 7) is 0. The Morgan fingerprint density at radius 3 is 2.47 bits per heavy atom. The van der Waals surface area contributed by atoms with Gasteiger partial charge in [-0.2, -0.15) is 4.98 Å². The van der Waals surface area contributed by atoms with Gasteiger partial charge in [-0.05, 0) is 28.9 Å². The Bertz CT molecular complexity index is 515. The van der Waals surface area contributed by atoms with Gasteiger partial charge in [0.1, 0.15) is 0 Å². The van der Waals surface area contributed by atoms with Crippen LogP contribution >= 0.6 is 11.6 Å². The van der Waals surface area contributed by atoms with Gasteiger partial charge in [-0.25, -0.2) is 13.2 Å². The van der Waals surface area contributed by atoms with Crippen LogP contribution in [0.3, 0.4) is 0 Å². The lowest BCUT2D eigenvalue weighted by molar-refractivity contribution is 0.419. The highest BCUT2D eigenvalue weighted by Crippen LogP contribution is 2.25. The molecular weight excluding hydrogens is 233 g/mol. The van der Waals surface area contributed by atoms with Crippen molar-refractivity contribution in [1.82, 2.24) is 10.1 Å². The average molecular weight is 235 g/mol. The molecule has 0 bridgehead atoms. The molecule has 0 aliphatic carbocycles. The molecule has 1 aromatic heterocycles. The van der Waals surface area contributed by atoms with Crippen molar-refractivity contribution < 1.29 is 17.7 Å². The largest absolute Gasteiger partial charge is 0.333 e. The molecule has 1 aromatic carbocycles. The van der Waals surface area contributed by atoms with Crippen LogP contribution in [0.4, 0.5) is 13.2 Å². The van der Waals surface area contributed by atoms with Gasteiger partial charge < -0.3 is 4.52 Å². The van der Waals surface area contributed by atoms with E-state index in [-0.39, 0.29) is 16.7 Å². The molecule has 0 radical (unpaired) electrons. The predicted molar refractivity (Wildman–Crippen MR) is 44.6 cm³/mol. The van der Waals surface area contributed by atoms with Gasteiger partial charge in [-0.3, -0.25) is 0 Å². The topological polar surface area (TPSA) is 38.9 Å². The minimum atomic E-state index is -1.60. The van der Waals surface area contributed by atoms with Gasteiger partial charge in [0.15, 0.2) is 17.5 Å². The minimum Gasteiger partial charge on any atom is -0.333 e. The van der Waals surface area contributed by atoms with E-state index in [2.05, 4.69) is 14.7 Å². The van der Waals surface area contributed by atoms with Crippen LogP contribution in [0.25, 0.3) is 11.5 Å². The Labute approximate surface area is 86.5 Å².